The zero-order chi connectivity index (χ0) is 22.2. The number of carbonyl (C=O) groups is 1. The van der Waals surface area contributed by atoms with Gasteiger partial charge in [0.1, 0.15) is 0 Å². The summed E-state index contributed by atoms with van der Waals surface area (Å²) in [5.74, 6) is 0.649. The van der Waals surface area contributed by atoms with Crippen LogP contribution in [0.25, 0.3) is 0 Å². The van der Waals surface area contributed by atoms with Crippen LogP contribution in [0.1, 0.15) is 29.3 Å². The summed E-state index contributed by atoms with van der Waals surface area (Å²) >= 11 is 1.06. The number of ether oxygens (including phenoxy) is 1. The van der Waals surface area contributed by atoms with Crippen molar-refractivity contribution in [3.8, 4) is 5.75 Å². The minimum atomic E-state index is -0.280. The number of nitrogens with zero attached hydrogens (tertiary/aromatic N) is 3. The average Bonchev–Trinajstić information content (AvgIpc) is 3.21. The molecule has 0 unspecified atom stereocenters. The van der Waals surface area contributed by atoms with Crippen LogP contribution in [0.3, 0.4) is 0 Å². The number of phenols is 1. The maximum atomic E-state index is 12.3. The molecular formula is C22H27N5O3S. The summed E-state index contributed by atoms with van der Waals surface area (Å²) in [4.78, 5) is 13.7. The molecule has 0 aliphatic carbocycles. The quantitative estimate of drug-likeness (QED) is 0.407. The normalized spacial score (nSPS) is 11.7. The summed E-state index contributed by atoms with van der Waals surface area (Å²) in [6, 6.07) is 15.0. The Balaban J connectivity index is 1.65. The van der Waals surface area contributed by atoms with Crippen LogP contribution < -0.4 is 10.6 Å². The van der Waals surface area contributed by atoms with Gasteiger partial charge in [0.25, 0.3) is 5.91 Å². The fourth-order valence-corrected chi connectivity index (χ4v) is 3.37. The topological polar surface area (TPSA) is 99.6 Å². The summed E-state index contributed by atoms with van der Waals surface area (Å²) in [5.41, 5.74) is 1.72. The number of hydrogen-bond donors (Lipinski definition) is 3. The van der Waals surface area contributed by atoms with E-state index >= 15 is 0 Å². The third-order valence-corrected chi connectivity index (χ3v) is 5.21. The lowest BCUT2D eigenvalue weighted by molar-refractivity contribution is 0.0824. The number of phenolic OH excluding ortho intramolecular Hbond substituents is 1. The van der Waals surface area contributed by atoms with E-state index in [1.165, 1.54) is 4.90 Å². The maximum absolute atomic E-state index is 12.3. The van der Waals surface area contributed by atoms with Gasteiger partial charge in [-0.05, 0) is 24.1 Å². The molecular weight excluding hydrogens is 414 g/mol. The lowest BCUT2D eigenvalue weighted by atomic mass is 10.1. The second kappa shape index (κ2) is 10.7. The van der Waals surface area contributed by atoms with Crippen LogP contribution in [0.4, 0.5) is 17.3 Å². The molecule has 1 amide bonds. The van der Waals surface area contributed by atoms with Gasteiger partial charge < -0.3 is 25.4 Å². The Bertz CT molecular complexity index is 994. The third-order valence-electron chi connectivity index (χ3n) is 4.68. The lowest BCUT2D eigenvalue weighted by Crippen LogP contribution is -2.25. The van der Waals surface area contributed by atoms with Gasteiger partial charge in [0, 0.05) is 14.1 Å². The van der Waals surface area contributed by atoms with E-state index in [1.807, 2.05) is 30.3 Å². The van der Waals surface area contributed by atoms with Gasteiger partial charge in [-0.15, -0.1) is 0 Å². The molecule has 164 valence electrons. The van der Waals surface area contributed by atoms with E-state index < -0.39 is 0 Å². The zero-order valence-electron chi connectivity index (χ0n) is 17.8. The van der Waals surface area contributed by atoms with Crippen molar-refractivity contribution in [1.82, 2.24) is 13.6 Å². The molecule has 3 aromatic rings. The summed E-state index contributed by atoms with van der Waals surface area (Å²) in [7, 11) is 3.28. The van der Waals surface area contributed by atoms with E-state index in [2.05, 4.69) is 26.3 Å². The number of aromatic nitrogens is 2. The van der Waals surface area contributed by atoms with E-state index in [0.717, 1.165) is 23.7 Å². The van der Waals surface area contributed by atoms with Gasteiger partial charge in [-0.25, -0.2) is 0 Å². The molecule has 1 heterocycles. The van der Waals surface area contributed by atoms with Crippen molar-refractivity contribution in [2.45, 2.75) is 26.0 Å². The Morgan fingerprint density at radius 3 is 2.58 bits per heavy atom. The van der Waals surface area contributed by atoms with Gasteiger partial charge in [-0.2, -0.15) is 8.75 Å². The first-order valence-electron chi connectivity index (χ1n) is 10.0. The minimum absolute atomic E-state index is 0.0448. The number of aromatic hydroxyl groups is 1. The Morgan fingerprint density at radius 1 is 1.13 bits per heavy atom. The highest BCUT2D eigenvalue weighted by atomic mass is 32.1. The highest BCUT2D eigenvalue weighted by Gasteiger charge is 2.19. The second-order valence-electron chi connectivity index (χ2n) is 7.24. The number of rotatable bonds is 10. The van der Waals surface area contributed by atoms with Gasteiger partial charge in [0.15, 0.2) is 17.4 Å². The first kappa shape index (κ1) is 22.5. The van der Waals surface area contributed by atoms with E-state index in [-0.39, 0.29) is 23.3 Å². The van der Waals surface area contributed by atoms with Crippen LogP contribution in [-0.2, 0) is 11.3 Å². The van der Waals surface area contributed by atoms with Crippen LogP contribution in [0, 0.1) is 0 Å². The van der Waals surface area contributed by atoms with Crippen molar-refractivity contribution >= 4 is 35.0 Å². The number of amides is 1. The molecule has 8 nitrogen and oxygen atoms in total. The van der Waals surface area contributed by atoms with E-state index in [9.17, 15) is 9.90 Å². The first-order valence-corrected chi connectivity index (χ1v) is 10.7. The molecule has 9 heteroatoms. The molecule has 0 spiro atoms. The Morgan fingerprint density at radius 2 is 1.87 bits per heavy atom. The monoisotopic (exact) mass is 441 g/mol. The molecule has 0 saturated heterocycles. The molecule has 0 radical (unpaired) electrons. The number of anilines is 3. The molecule has 0 saturated carbocycles. The van der Waals surface area contributed by atoms with Gasteiger partial charge in [0.2, 0.25) is 0 Å². The van der Waals surface area contributed by atoms with Crippen LogP contribution in [0.5, 0.6) is 5.75 Å². The summed E-state index contributed by atoms with van der Waals surface area (Å²) in [6.45, 7) is 3.12. The maximum Gasteiger partial charge on any atom is 0.257 e. The van der Waals surface area contributed by atoms with Crippen molar-refractivity contribution in [2.75, 3.05) is 31.3 Å². The third kappa shape index (κ3) is 5.93. The summed E-state index contributed by atoms with van der Waals surface area (Å²) in [5, 5.41) is 17.0. The van der Waals surface area contributed by atoms with E-state index in [1.54, 1.807) is 32.3 Å². The van der Waals surface area contributed by atoms with E-state index in [0.29, 0.717) is 30.5 Å². The highest BCUT2D eigenvalue weighted by molar-refractivity contribution is 6.99. The molecule has 0 aliphatic rings. The Kier molecular flexibility index (Phi) is 7.80. The Hall–Kier alpha value is -3.17. The van der Waals surface area contributed by atoms with E-state index in [4.69, 9.17) is 4.74 Å². The first-order chi connectivity index (χ1) is 15.0. The fourth-order valence-electron chi connectivity index (χ4n) is 2.90. The molecule has 0 aliphatic heterocycles. The van der Waals surface area contributed by atoms with Gasteiger partial charge >= 0.3 is 0 Å². The molecule has 0 bridgehead atoms. The predicted octanol–water partition coefficient (Wildman–Crippen LogP) is 4.10. The van der Waals surface area contributed by atoms with Crippen LogP contribution in [-0.4, -0.2) is 51.4 Å². The smallest absolute Gasteiger partial charge is 0.257 e. The second-order valence-corrected chi connectivity index (χ2v) is 7.77. The number of para-hydroxylation sites is 1. The average molecular weight is 442 g/mol. The molecule has 1 aromatic heterocycles. The zero-order valence-corrected chi connectivity index (χ0v) is 18.6. The number of carbonyl (C=O) groups excluding carboxylic acids is 1. The predicted molar refractivity (Wildman–Crippen MR) is 123 cm³/mol. The molecule has 2 aromatic carbocycles. The molecule has 3 rings (SSSR count). The van der Waals surface area contributed by atoms with Crippen LogP contribution in [0.15, 0.2) is 48.5 Å². The largest absolute Gasteiger partial charge is 0.505 e. The number of benzene rings is 2. The van der Waals surface area contributed by atoms with Crippen molar-refractivity contribution in [2.24, 2.45) is 0 Å². The summed E-state index contributed by atoms with van der Waals surface area (Å²) < 4.78 is 14.5. The van der Waals surface area contributed by atoms with Gasteiger partial charge in [-0.1, -0.05) is 43.3 Å². The van der Waals surface area contributed by atoms with Crippen LogP contribution >= 0.6 is 11.7 Å². The summed E-state index contributed by atoms with van der Waals surface area (Å²) in [6.07, 6.45) is 0.837. The van der Waals surface area contributed by atoms with Crippen molar-refractivity contribution in [1.29, 1.82) is 0 Å². The minimum Gasteiger partial charge on any atom is -0.505 e. The van der Waals surface area contributed by atoms with Gasteiger partial charge in [0.05, 0.1) is 42.2 Å². The lowest BCUT2D eigenvalue weighted by Gasteiger charge is -2.18. The molecule has 1 atom stereocenters. The number of nitrogens with one attached hydrogen (secondary N) is 2. The number of hydrogen-bond acceptors (Lipinski definition) is 8. The molecule has 31 heavy (non-hydrogen) atoms. The standard InChI is InChI=1S/C22H27N5O3S/c1-4-16(14-30-13-15-9-6-5-7-10-15)23-20-21(26-31-25-20)24-18-12-8-11-17(19(18)28)22(29)27(2)3/h5-12,16,28H,4,13-14H2,1-3H3,(H,23,25)(H,24,26)/t16-/m1/s1. The SMILES string of the molecule is CC[C@H](COCc1ccccc1)Nc1nsnc1Nc1cccc(C(=O)N(C)C)c1O. The van der Waals surface area contributed by atoms with Crippen molar-refractivity contribution < 1.29 is 14.6 Å². The molecule has 3 N–H and O–H groups in total. The van der Waals surface area contributed by atoms with Gasteiger partial charge in [-0.3, -0.25) is 4.79 Å². The fraction of sp³-hybridized carbons (Fsp3) is 0.318. The Labute approximate surface area is 186 Å². The van der Waals surface area contributed by atoms with Crippen LogP contribution in [0.2, 0.25) is 0 Å². The van der Waals surface area contributed by atoms with Crippen molar-refractivity contribution in [3.05, 3.63) is 59.7 Å². The molecule has 0 fully saturated rings. The highest BCUT2D eigenvalue weighted by Crippen LogP contribution is 2.32. The van der Waals surface area contributed by atoms with Crippen molar-refractivity contribution in [3.63, 3.8) is 0 Å².